The molecule has 0 amide bonds. The van der Waals surface area contributed by atoms with Crippen LogP contribution in [0.1, 0.15) is 0 Å². The van der Waals surface area contributed by atoms with Gasteiger partial charge in [0.25, 0.3) is 0 Å². The fourth-order valence-electron chi connectivity index (χ4n) is 2.89. The van der Waals surface area contributed by atoms with E-state index in [1.165, 1.54) is 0 Å². The van der Waals surface area contributed by atoms with Gasteiger partial charge >= 0.3 is 0 Å². The first-order chi connectivity index (χ1) is 10.8. The standard InChI is InChI=1S/C15H17N7/c1-20-6-3-12-13(20)18-11-19-14(12)21-7-9-22(10-8-21)15-16-4-2-5-17-15/h2-6,11H,7-10H2,1H3. The summed E-state index contributed by atoms with van der Waals surface area (Å²) >= 11 is 0. The van der Waals surface area contributed by atoms with E-state index in [1.807, 2.05) is 23.9 Å². The lowest BCUT2D eigenvalue weighted by atomic mass is 10.3. The predicted octanol–water partition coefficient (Wildman–Crippen LogP) is 1.08. The van der Waals surface area contributed by atoms with Gasteiger partial charge in [-0.25, -0.2) is 19.9 Å². The van der Waals surface area contributed by atoms with Crippen molar-refractivity contribution in [1.29, 1.82) is 0 Å². The van der Waals surface area contributed by atoms with Gasteiger partial charge < -0.3 is 14.4 Å². The van der Waals surface area contributed by atoms with E-state index in [0.29, 0.717) is 0 Å². The lowest BCUT2D eigenvalue weighted by molar-refractivity contribution is 0.636. The van der Waals surface area contributed by atoms with E-state index in [2.05, 4.69) is 35.8 Å². The minimum atomic E-state index is 0.801. The zero-order chi connectivity index (χ0) is 14.9. The van der Waals surface area contributed by atoms with Gasteiger partial charge in [-0.1, -0.05) is 0 Å². The van der Waals surface area contributed by atoms with Gasteiger partial charge in [0.05, 0.1) is 5.39 Å². The molecule has 4 heterocycles. The van der Waals surface area contributed by atoms with Crippen LogP contribution in [0.15, 0.2) is 37.1 Å². The van der Waals surface area contributed by atoms with Gasteiger partial charge in [-0.2, -0.15) is 0 Å². The molecule has 0 saturated carbocycles. The van der Waals surface area contributed by atoms with Crippen LogP contribution in [0.25, 0.3) is 11.0 Å². The van der Waals surface area contributed by atoms with E-state index in [-0.39, 0.29) is 0 Å². The Kier molecular flexibility index (Phi) is 3.10. The van der Waals surface area contributed by atoms with E-state index in [1.54, 1.807) is 18.7 Å². The Morgan fingerprint density at radius 1 is 0.909 bits per heavy atom. The van der Waals surface area contributed by atoms with Crippen LogP contribution in [0.2, 0.25) is 0 Å². The molecule has 3 aromatic rings. The third-order valence-corrected chi connectivity index (χ3v) is 4.05. The number of anilines is 2. The lowest BCUT2D eigenvalue weighted by Gasteiger charge is -2.35. The molecule has 0 spiro atoms. The van der Waals surface area contributed by atoms with Crippen LogP contribution in [-0.2, 0) is 7.05 Å². The fourth-order valence-corrected chi connectivity index (χ4v) is 2.89. The molecule has 3 aromatic heterocycles. The zero-order valence-corrected chi connectivity index (χ0v) is 12.4. The molecule has 1 saturated heterocycles. The van der Waals surface area contributed by atoms with Gasteiger partial charge in [0, 0.05) is 51.8 Å². The van der Waals surface area contributed by atoms with Crippen molar-refractivity contribution in [3.8, 4) is 0 Å². The van der Waals surface area contributed by atoms with Crippen LogP contribution < -0.4 is 9.80 Å². The number of piperazine rings is 1. The third-order valence-electron chi connectivity index (χ3n) is 4.05. The highest BCUT2D eigenvalue weighted by atomic mass is 15.3. The molecule has 1 aliphatic heterocycles. The Hall–Kier alpha value is -2.70. The lowest BCUT2D eigenvalue weighted by Crippen LogP contribution is -2.47. The smallest absolute Gasteiger partial charge is 0.225 e. The second-order valence-electron chi connectivity index (χ2n) is 5.38. The summed E-state index contributed by atoms with van der Waals surface area (Å²) in [4.78, 5) is 22.0. The maximum absolute atomic E-state index is 4.49. The Morgan fingerprint density at radius 2 is 1.64 bits per heavy atom. The SMILES string of the molecule is Cn1ccc2c(N3CCN(c4ncccn4)CC3)ncnc21. The molecule has 7 heteroatoms. The highest BCUT2D eigenvalue weighted by Crippen LogP contribution is 2.24. The quantitative estimate of drug-likeness (QED) is 0.705. The van der Waals surface area contributed by atoms with E-state index in [0.717, 1.165) is 49.0 Å². The van der Waals surface area contributed by atoms with Crippen molar-refractivity contribution in [1.82, 2.24) is 24.5 Å². The average Bonchev–Trinajstić information content (AvgIpc) is 2.97. The van der Waals surface area contributed by atoms with Crippen LogP contribution in [0.5, 0.6) is 0 Å². The van der Waals surface area contributed by atoms with Gasteiger partial charge in [-0.05, 0) is 12.1 Å². The number of hydrogen-bond donors (Lipinski definition) is 0. The monoisotopic (exact) mass is 295 g/mol. The van der Waals surface area contributed by atoms with Crippen LogP contribution in [0.3, 0.4) is 0 Å². The summed E-state index contributed by atoms with van der Waals surface area (Å²) in [6.07, 6.45) is 7.24. The Bertz CT molecular complexity index is 775. The van der Waals surface area contributed by atoms with Crippen molar-refractivity contribution >= 4 is 22.8 Å². The van der Waals surface area contributed by atoms with Crippen molar-refractivity contribution < 1.29 is 0 Å². The zero-order valence-electron chi connectivity index (χ0n) is 12.4. The minimum Gasteiger partial charge on any atom is -0.352 e. The Balaban J connectivity index is 1.56. The molecule has 0 aliphatic carbocycles. The molecule has 0 bridgehead atoms. The van der Waals surface area contributed by atoms with Crippen LogP contribution in [-0.4, -0.2) is 50.7 Å². The molecule has 22 heavy (non-hydrogen) atoms. The maximum atomic E-state index is 4.49. The molecular formula is C15H17N7. The highest BCUT2D eigenvalue weighted by Gasteiger charge is 2.21. The molecule has 0 aromatic carbocycles. The van der Waals surface area contributed by atoms with E-state index < -0.39 is 0 Å². The van der Waals surface area contributed by atoms with Crippen LogP contribution >= 0.6 is 0 Å². The fraction of sp³-hybridized carbons (Fsp3) is 0.333. The first kappa shape index (κ1) is 13.0. The summed E-state index contributed by atoms with van der Waals surface area (Å²) in [5, 5.41) is 1.11. The molecule has 0 N–H and O–H groups in total. The van der Waals surface area contributed by atoms with Gasteiger partial charge in [0.1, 0.15) is 17.8 Å². The summed E-state index contributed by atoms with van der Waals surface area (Å²) in [5.74, 6) is 1.81. The van der Waals surface area contributed by atoms with E-state index >= 15 is 0 Å². The normalized spacial score (nSPS) is 15.5. The second kappa shape index (κ2) is 5.25. The number of aryl methyl sites for hydroxylation is 1. The molecule has 112 valence electrons. The Morgan fingerprint density at radius 3 is 2.41 bits per heavy atom. The number of fused-ring (bicyclic) bond motifs is 1. The van der Waals surface area contributed by atoms with Gasteiger partial charge in [-0.3, -0.25) is 0 Å². The summed E-state index contributed by atoms with van der Waals surface area (Å²) < 4.78 is 2.02. The first-order valence-electron chi connectivity index (χ1n) is 7.36. The summed E-state index contributed by atoms with van der Waals surface area (Å²) in [6.45, 7) is 3.59. The molecule has 4 rings (SSSR count). The minimum absolute atomic E-state index is 0.801. The molecule has 1 fully saturated rings. The number of nitrogens with zero attached hydrogens (tertiary/aromatic N) is 7. The topological polar surface area (TPSA) is 63.0 Å². The molecule has 0 atom stereocenters. The largest absolute Gasteiger partial charge is 0.352 e. The average molecular weight is 295 g/mol. The molecule has 7 nitrogen and oxygen atoms in total. The second-order valence-corrected chi connectivity index (χ2v) is 5.38. The number of rotatable bonds is 2. The third kappa shape index (κ3) is 2.14. The summed E-state index contributed by atoms with van der Waals surface area (Å²) in [7, 11) is 2.00. The first-order valence-corrected chi connectivity index (χ1v) is 7.36. The van der Waals surface area contributed by atoms with Crippen molar-refractivity contribution in [2.75, 3.05) is 36.0 Å². The van der Waals surface area contributed by atoms with E-state index in [9.17, 15) is 0 Å². The molecule has 0 radical (unpaired) electrons. The Labute approximate surface area is 128 Å². The number of aromatic nitrogens is 5. The van der Waals surface area contributed by atoms with Crippen LogP contribution in [0.4, 0.5) is 11.8 Å². The van der Waals surface area contributed by atoms with Crippen molar-refractivity contribution in [3.63, 3.8) is 0 Å². The van der Waals surface area contributed by atoms with Gasteiger partial charge in [-0.15, -0.1) is 0 Å². The molecular weight excluding hydrogens is 278 g/mol. The molecule has 0 unspecified atom stereocenters. The summed E-state index contributed by atoms with van der Waals surface area (Å²) in [6, 6.07) is 3.92. The van der Waals surface area contributed by atoms with Crippen LogP contribution in [0, 0.1) is 0 Å². The van der Waals surface area contributed by atoms with Gasteiger partial charge in [0.15, 0.2) is 0 Å². The summed E-state index contributed by atoms with van der Waals surface area (Å²) in [5.41, 5.74) is 0.971. The predicted molar refractivity (Wildman–Crippen MR) is 85.0 cm³/mol. The molecule has 1 aliphatic rings. The van der Waals surface area contributed by atoms with Crippen molar-refractivity contribution in [2.24, 2.45) is 7.05 Å². The van der Waals surface area contributed by atoms with Crippen molar-refractivity contribution in [3.05, 3.63) is 37.1 Å². The highest BCUT2D eigenvalue weighted by molar-refractivity contribution is 5.87. The number of hydrogen-bond acceptors (Lipinski definition) is 6. The van der Waals surface area contributed by atoms with Gasteiger partial charge in [0.2, 0.25) is 5.95 Å². The van der Waals surface area contributed by atoms with E-state index in [4.69, 9.17) is 0 Å². The maximum Gasteiger partial charge on any atom is 0.225 e. The van der Waals surface area contributed by atoms with Crippen molar-refractivity contribution in [2.45, 2.75) is 0 Å².